The number of nitrogens with zero attached hydrogens (tertiary/aromatic N) is 1. The van der Waals surface area contributed by atoms with E-state index in [0.29, 0.717) is 33.8 Å². The van der Waals surface area contributed by atoms with Gasteiger partial charge in [0.05, 0.1) is 0 Å². The van der Waals surface area contributed by atoms with Crippen molar-refractivity contribution in [2.45, 2.75) is 129 Å². The van der Waals surface area contributed by atoms with Gasteiger partial charge in [-0.15, -0.1) is 11.8 Å². The molecule has 196 valence electrons. The maximum atomic E-state index is 9.59. The van der Waals surface area contributed by atoms with Crippen LogP contribution in [0.25, 0.3) is 0 Å². The van der Waals surface area contributed by atoms with Crippen LogP contribution in [0.1, 0.15) is 117 Å². The van der Waals surface area contributed by atoms with Gasteiger partial charge in [-0.1, -0.05) is 31.4 Å². The van der Waals surface area contributed by atoms with Crippen molar-refractivity contribution >= 4 is 0 Å². The molecular formula is C34H49NO. The van der Waals surface area contributed by atoms with E-state index in [4.69, 9.17) is 0 Å². The second-order valence-electron chi connectivity index (χ2n) is 15.4. The van der Waals surface area contributed by atoms with Crippen LogP contribution < -0.4 is 0 Å². The summed E-state index contributed by atoms with van der Waals surface area (Å²) in [4.78, 5) is 3.17. The molecule has 0 amide bonds. The molecule has 6 aliphatic carbocycles. The molecule has 5 saturated carbocycles. The Morgan fingerprint density at radius 1 is 1.08 bits per heavy atom. The molecule has 2 heterocycles. The molecular weight excluding hydrogens is 438 g/mol. The Morgan fingerprint density at radius 3 is 2.83 bits per heavy atom. The van der Waals surface area contributed by atoms with Crippen LogP contribution in [0.4, 0.5) is 0 Å². The number of allylic oxidation sites excluding steroid dienone is 2. The Morgan fingerprint density at radius 2 is 1.97 bits per heavy atom. The Bertz CT molecular complexity index is 1080. The van der Waals surface area contributed by atoms with Gasteiger partial charge in [-0.05, 0) is 118 Å². The van der Waals surface area contributed by atoms with Crippen LogP contribution in [0.5, 0.6) is 0 Å². The van der Waals surface area contributed by atoms with Gasteiger partial charge in [0.2, 0.25) is 0 Å². The molecule has 0 aromatic rings. The molecule has 8 rings (SSSR count). The summed E-state index contributed by atoms with van der Waals surface area (Å²) in [5.41, 5.74) is 5.92. The number of fused-ring (bicyclic) bond motifs is 1. The molecule has 0 aromatic heterocycles. The molecule has 36 heavy (non-hydrogen) atoms. The average Bonchev–Trinajstić information content (AvgIpc) is 3.08. The van der Waals surface area contributed by atoms with Crippen molar-refractivity contribution in [3.8, 4) is 11.8 Å². The second kappa shape index (κ2) is 7.24. The van der Waals surface area contributed by atoms with E-state index < -0.39 is 0 Å². The Balaban J connectivity index is 1.33. The first-order chi connectivity index (χ1) is 17.4. The number of aliphatic hydroxyl groups is 1. The minimum absolute atomic E-state index is 0.330. The Kier molecular flexibility index (Phi) is 4.65. The van der Waals surface area contributed by atoms with Crippen LogP contribution in [0.2, 0.25) is 0 Å². The highest BCUT2D eigenvalue weighted by Crippen LogP contribution is 2.88. The fraction of sp³-hybridized carbons (Fsp3) is 0.882. The first-order valence-electron chi connectivity index (χ1n) is 15.9. The molecule has 0 radical (unpaired) electrons. The summed E-state index contributed by atoms with van der Waals surface area (Å²) < 4.78 is 0. The fourth-order valence-electron chi connectivity index (χ4n) is 14.1. The maximum Gasteiger partial charge on any atom is 0.0431 e. The van der Waals surface area contributed by atoms with Crippen LogP contribution >= 0.6 is 0 Å². The van der Waals surface area contributed by atoms with E-state index in [9.17, 15) is 5.11 Å². The lowest BCUT2D eigenvalue weighted by atomic mass is 9.33. The molecule has 6 fully saturated rings. The van der Waals surface area contributed by atoms with Gasteiger partial charge in [-0.3, -0.25) is 4.90 Å². The molecule has 2 bridgehead atoms. The highest BCUT2D eigenvalue weighted by atomic mass is 16.2. The van der Waals surface area contributed by atoms with Gasteiger partial charge in [-0.2, -0.15) is 0 Å². The number of aliphatic hydroxyl groups excluding tert-OH is 1. The van der Waals surface area contributed by atoms with Crippen LogP contribution in [-0.4, -0.2) is 34.7 Å². The number of rotatable bonds is 3. The van der Waals surface area contributed by atoms with Crippen molar-refractivity contribution in [1.82, 2.24) is 4.90 Å². The van der Waals surface area contributed by atoms with Gasteiger partial charge >= 0.3 is 0 Å². The topological polar surface area (TPSA) is 23.2 Å². The molecule has 1 unspecified atom stereocenters. The van der Waals surface area contributed by atoms with Gasteiger partial charge < -0.3 is 5.11 Å². The maximum absolute atomic E-state index is 9.59. The van der Waals surface area contributed by atoms with Crippen LogP contribution in [0.15, 0.2) is 11.1 Å². The van der Waals surface area contributed by atoms with E-state index in [1.807, 2.05) is 5.57 Å². The molecule has 1 saturated heterocycles. The highest BCUT2D eigenvalue weighted by Gasteiger charge is 2.84. The molecule has 11 atom stereocenters. The van der Waals surface area contributed by atoms with E-state index >= 15 is 0 Å². The van der Waals surface area contributed by atoms with Crippen molar-refractivity contribution in [2.24, 2.45) is 45.3 Å². The zero-order chi connectivity index (χ0) is 24.6. The van der Waals surface area contributed by atoms with Crippen molar-refractivity contribution in [3.63, 3.8) is 0 Å². The summed E-state index contributed by atoms with van der Waals surface area (Å²) in [6.45, 7) is 9.74. The van der Waals surface area contributed by atoms with Crippen LogP contribution in [0, 0.1) is 57.2 Å². The van der Waals surface area contributed by atoms with Crippen molar-refractivity contribution < 1.29 is 5.11 Å². The molecule has 2 nitrogen and oxygen atoms in total. The predicted molar refractivity (Wildman–Crippen MR) is 145 cm³/mol. The van der Waals surface area contributed by atoms with E-state index in [1.165, 1.54) is 83.6 Å². The van der Waals surface area contributed by atoms with Gasteiger partial charge in [-0.25, -0.2) is 0 Å². The van der Waals surface area contributed by atoms with E-state index in [-0.39, 0.29) is 0 Å². The normalized spacial score (nSPS) is 57.8. The quantitative estimate of drug-likeness (QED) is 0.260. The van der Waals surface area contributed by atoms with Gasteiger partial charge in [0, 0.05) is 48.4 Å². The SMILES string of the molecule is CC1=C2C[C@]34[C@H]5CC[C@@H]6CCC[C@@]63C[C@@H](C)[C@@]2(CC1)[C@]4(C)CC#CC[C@@H]1[C@@H](CCCO)CC[C@]12CN52. The fourth-order valence-corrected chi connectivity index (χ4v) is 14.1. The van der Waals surface area contributed by atoms with E-state index in [0.717, 1.165) is 49.0 Å². The minimum atomic E-state index is 0.330. The summed E-state index contributed by atoms with van der Waals surface area (Å²) in [5.74, 6) is 11.2. The third-order valence-electron chi connectivity index (χ3n) is 15.2. The summed E-state index contributed by atoms with van der Waals surface area (Å²) in [5, 5.41) is 9.59. The van der Waals surface area contributed by atoms with Crippen molar-refractivity contribution in [1.29, 1.82) is 0 Å². The lowest BCUT2D eigenvalue weighted by Crippen LogP contribution is -2.69. The molecule has 1 N–H and O–H groups in total. The lowest BCUT2D eigenvalue weighted by molar-refractivity contribution is -0.232. The summed E-state index contributed by atoms with van der Waals surface area (Å²) in [6, 6.07) is 0.783. The summed E-state index contributed by atoms with van der Waals surface area (Å²) in [6.07, 6.45) is 20.4. The number of hydrogen-bond donors (Lipinski definition) is 1. The highest BCUT2D eigenvalue weighted by molar-refractivity contribution is 5.47. The Labute approximate surface area is 220 Å². The summed E-state index contributed by atoms with van der Waals surface area (Å²) in [7, 11) is 0. The smallest absolute Gasteiger partial charge is 0.0431 e. The molecule has 0 aromatic carbocycles. The van der Waals surface area contributed by atoms with E-state index in [2.05, 4.69) is 37.5 Å². The van der Waals surface area contributed by atoms with Crippen molar-refractivity contribution in [3.05, 3.63) is 11.1 Å². The van der Waals surface area contributed by atoms with Crippen LogP contribution in [0.3, 0.4) is 0 Å². The first kappa shape index (κ1) is 23.1. The minimum Gasteiger partial charge on any atom is -0.396 e. The van der Waals surface area contributed by atoms with Gasteiger partial charge in [0.1, 0.15) is 0 Å². The van der Waals surface area contributed by atoms with Gasteiger partial charge in [0.15, 0.2) is 0 Å². The standard InChI is InChI=1S/C34H49NO/c1-23-13-18-33-24(2)20-31-16-6-9-26(31)11-12-29-34(31,21-28(23)33)30(33,3)15-5-4-10-27-25(8-7-19-36)14-17-32(27)22-35(29)32/h24-27,29,36H,6-22H2,1-3H3/t24-,25+,26+,27-,29-,30+,31-,32+,33-,34-,35?/m1/s1. The zero-order valence-electron chi connectivity index (χ0n) is 23.3. The number of hydrogen-bond acceptors (Lipinski definition) is 2. The molecule has 2 heteroatoms. The Hall–Kier alpha value is -0.780. The van der Waals surface area contributed by atoms with E-state index in [1.54, 1.807) is 5.57 Å². The lowest BCUT2D eigenvalue weighted by Gasteiger charge is -2.71. The predicted octanol–water partition coefficient (Wildman–Crippen LogP) is 7.12. The average molecular weight is 488 g/mol. The van der Waals surface area contributed by atoms with Gasteiger partial charge in [0.25, 0.3) is 0 Å². The third-order valence-corrected chi connectivity index (χ3v) is 15.2. The van der Waals surface area contributed by atoms with Crippen LogP contribution in [-0.2, 0) is 0 Å². The first-order valence-corrected chi connectivity index (χ1v) is 15.9. The monoisotopic (exact) mass is 487 g/mol. The summed E-state index contributed by atoms with van der Waals surface area (Å²) >= 11 is 0. The molecule has 4 spiro atoms. The second-order valence-corrected chi connectivity index (χ2v) is 15.4. The molecule has 8 aliphatic rings. The third kappa shape index (κ3) is 2.27. The largest absolute Gasteiger partial charge is 0.396 e. The van der Waals surface area contributed by atoms with Crippen molar-refractivity contribution in [2.75, 3.05) is 13.2 Å². The zero-order valence-corrected chi connectivity index (χ0v) is 23.3. The molecule has 2 aliphatic heterocycles.